The Hall–Kier alpha value is -2.78. The van der Waals surface area contributed by atoms with E-state index in [1.54, 1.807) is 37.5 Å². The molecule has 3 heterocycles. The Balaban J connectivity index is 1.50. The van der Waals surface area contributed by atoms with E-state index < -0.39 is 0 Å². The molecule has 1 N–H and O–H groups in total. The van der Waals surface area contributed by atoms with Gasteiger partial charge in [0.15, 0.2) is 10.8 Å². The molecule has 9 heteroatoms. The van der Waals surface area contributed by atoms with E-state index in [9.17, 15) is 9.59 Å². The molecule has 1 aliphatic heterocycles. The fourth-order valence-electron chi connectivity index (χ4n) is 3.18. The SMILES string of the molecule is Cc1cc(C(=O)N2CCSCC2)ccc1NC(=O)c1sc(-c2ncccn2)nc1C. The topological polar surface area (TPSA) is 88.1 Å². The van der Waals surface area contributed by atoms with Gasteiger partial charge in [0.05, 0.1) is 5.69 Å². The molecule has 0 aliphatic carbocycles. The highest BCUT2D eigenvalue weighted by Gasteiger charge is 2.21. The molecule has 154 valence electrons. The largest absolute Gasteiger partial charge is 0.337 e. The van der Waals surface area contributed by atoms with Crippen molar-refractivity contribution in [3.8, 4) is 10.8 Å². The summed E-state index contributed by atoms with van der Waals surface area (Å²) < 4.78 is 0. The van der Waals surface area contributed by atoms with Crippen molar-refractivity contribution in [3.63, 3.8) is 0 Å². The number of carbonyl (C=O) groups excluding carboxylic acids is 2. The quantitative estimate of drug-likeness (QED) is 0.668. The molecule has 30 heavy (non-hydrogen) atoms. The minimum Gasteiger partial charge on any atom is -0.337 e. The van der Waals surface area contributed by atoms with Crippen LogP contribution in [0.15, 0.2) is 36.7 Å². The van der Waals surface area contributed by atoms with Crippen LogP contribution in [0.25, 0.3) is 10.8 Å². The number of anilines is 1. The standard InChI is InChI=1S/C21H21N5O2S2/c1-13-12-15(21(28)26-8-10-29-11-9-26)4-5-16(13)25-19(27)17-14(2)24-20(30-17)18-22-6-3-7-23-18/h3-7,12H,8-11H2,1-2H3,(H,25,27). The maximum Gasteiger partial charge on any atom is 0.267 e. The first-order valence-electron chi connectivity index (χ1n) is 9.57. The van der Waals surface area contributed by atoms with Gasteiger partial charge in [-0.2, -0.15) is 11.8 Å². The number of hydrogen-bond donors (Lipinski definition) is 1. The van der Waals surface area contributed by atoms with E-state index in [1.165, 1.54) is 11.3 Å². The molecule has 1 aromatic carbocycles. The zero-order valence-corrected chi connectivity index (χ0v) is 18.3. The van der Waals surface area contributed by atoms with Gasteiger partial charge in [-0.15, -0.1) is 11.3 Å². The Morgan fingerprint density at radius 1 is 1.10 bits per heavy atom. The Morgan fingerprint density at radius 2 is 1.83 bits per heavy atom. The van der Waals surface area contributed by atoms with Gasteiger partial charge in [-0.3, -0.25) is 9.59 Å². The van der Waals surface area contributed by atoms with E-state index in [0.717, 1.165) is 30.2 Å². The van der Waals surface area contributed by atoms with Gasteiger partial charge in [-0.25, -0.2) is 15.0 Å². The van der Waals surface area contributed by atoms with E-state index in [0.29, 0.717) is 32.7 Å². The Morgan fingerprint density at radius 3 is 2.53 bits per heavy atom. The van der Waals surface area contributed by atoms with Crippen molar-refractivity contribution in [1.82, 2.24) is 19.9 Å². The Bertz CT molecular complexity index is 1080. The van der Waals surface area contributed by atoms with Crippen molar-refractivity contribution in [2.24, 2.45) is 0 Å². The van der Waals surface area contributed by atoms with Crippen molar-refractivity contribution >= 4 is 40.6 Å². The van der Waals surface area contributed by atoms with E-state index in [4.69, 9.17) is 0 Å². The summed E-state index contributed by atoms with van der Waals surface area (Å²) in [6, 6.07) is 7.13. The van der Waals surface area contributed by atoms with Crippen LogP contribution in [-0.4, -0.2) is 56.3 Å². The second-order valence-electron chi connectivity index (χ2n) is 6.89. The summed E-state index contributed by atoms with van der Waals surface area (Å²) >= 11 is 3.13. The second kappa shape index (κ2) is 8.93. The monoisotopic (exact) mass is 439 g/mol. The van der Waals surface area contributed by atoms with E-state index in [1.807, 2.05) is 29.7 Å². The highest BCUT2D eigenvalue weighted by atomic mass is 32.2. The summed E-state index contributed by atoms with van der Waals surface area (Å²) in [5.41, 5.74) is 2.80. The molecular weight excluding hydrogens is 418 g/mol. The van der Waals surface area contributed by atoms with Gasteiger partial charge in [0.2, 0.25) is 0 Å². The molecule has 1 saturated heterocycles. The van der Waals surface area contributed by atoms with Crippen molar-refractivity contribution in [2.45, 2.75) is 13.8 Å². The molecule has 7 nitrogen and oxygen atoms in total. The molecule has 1 aliphatic rings. The van der Waals surface area contributed by atoms with Crippen molar-refractivity contribution < 1.29 is 9.59 Å². The number of benzene rings is 1. The number of amides is 2. The predicted molar refractivity (Wildman–Crippen MR) is 120 cm³/mol. The average molecular weight is 440 g/mol. The lowest BCUT2D eigenvalue weighted by Gasteiger charge is -2.26. The number of nitrogens with one attached hydrogen (secondary N) is 1. The number of thioether (sulfide) groups is 1. The summed E-state index contributed by atoms with van der Waals surface area (Å²) in [7, 11) is 0. The second-order valence-corrected chi connectivity index (χ2v) is 9.12. The minimum absolute atomic E-state index is 0.0436. The van der Waals surface area contributed by atoms with Crippen LogP contribution >= 0.6 is 23.1 Å². The summed E-state index contributed by atoms with van der Waals surface area (Å²) in [5.74, 6) is 2.26. The summed E-state index contributed by atoms with van der Waals surface area (Å²) in [5, 5.41) is 3.55. The van der Waals surface area contributed by atoms with Crippen molar-refractivity contribution in [2.75, 3.05) is 29.9 Å². The molecule has 0 saturated carbocycles. The molecule has 0 radical (unpaired) electrons. The van der Waals surface area contributed by atoms with Gasteiger partial charge in [0.25, 0.3) is 11.8 Å². The first kappa shape index (κ1) is 20.5. The van der Waals surface area contributed by atoms with Gasteiger partial charge < -0.3 is 10.2 Å². The first-order valence-corrected chi connectivity index (χ1v) is 11.5. The van der Waals surface area contributed by atoms with Gasteiger partial charge >= 0.3 is 0 Å². The summed E-state index contributed by atoms with van der Waals surface area (Å²) in [4.78, 5) is 40.8. The number of nitrogens with zero attached hydrogens (tertiary/aromatic N) is 4. The molecule has 0 unspecified atom stereocenters. The fourth-order valence-corrected chi connectivity index (χ4v) is 4.99. The molecule has 2 amide bonds. The van der Waals surface area contributed by atoms with Crippen LogP contribution in [0.2, 0.25) is 0 Å². The normalized spacial score (nSPS) is 13.9. The highest BCUT2D eigenvalue weighted by molar-refractivity contribution is 7.99. The van der Waals surface area contributed by atoms with Gasteiger partial charge in [0, 0.05) is 48.2 Å². The lowest BCUT2D eigenvalue weighted by atomic mass is 10.1. The molecule has 0 atom stereocenters. The van der Waals surface area contributed by atoms with E-state index in [2.05, 4.69) is 20.3 Å². The third kappa shape index (κ3) is 4.36. The zero-order valence-electron chi connectivity index (χ0n) is 16.7. The Kier molecular flexibility index (Phi) is 6.10. The third-order valence-corrected chi connectivity index (χ3v) is 6.87. The van der Waals surface area contributed by atoms with E-state index in [-0.39, 0.29) is 11.8 Å². The molecule has 1 fully saturated rings. The molecule has 0 bridgehead atoms. The van der Waals surface area contributed by atoms with Crippen LogP contribution < -0.4 is 5.32 Å². The fraction of sp³-hybridized carbons (Fsp3) is 0.286. The molecule has 4 rings (SSSR count). The third-order valence-electron chi connectivity index (χ3n) is 4.78. The lowest BCUT2D eigenvalue weighted by Crippen LogP contribution is -2.37. The highest BCUT2D eigenvalue weighted by Crippen LogP contribution is 2.27. The first-order chi connectivity index (χ1) is 14.5. The van der Waals surface area contributed by atoms with Crippen LogP contribution in [0.5, 0.6) is 0 Å². The molecular formula is C21H21N5O2S2. The van der Waals surface area contributed by atoms with E-state index >= 15 is 0 Å². The maximum absolute atomic E-state index is 12.8. The molecule has 2 aromatic heterocycles. The number of aryl methyl sites for hydroxylation is 2. The average Bonchev–Trinajstić information content (AvgIpc) is 3.17. The van der Waals surface area contributed by atoms with Crippen LogP contribution in [0, 0.1) is 13.8 Å². The number of thiazole rings is 1. The van der Waals surface area contributed by atoms with Gasteiger partial charge in [-0.05, 0) is 43.7 Å². The zero-order chi connectivity index (χ0) is 21.1. The smallest absolute Gasteiger partial charge is 0.267 e. The molecule has 0 spiro atoms. The number of hydrogen-bond acceptors (Lipinski definition) is 7. The lowest BCUT2D eigenvalue weighted by molar-refractivity contribution is 0.0772. The van der Waals surface area contributed by atoms with Crippen LogP contribution in [0.3, 0.4) is 0 Å². The number of carbonyl (C=O) groups is 2. The van der Waals surface area contributed by atoms with Crippen LogP contribution in [-0.2, 0) is 0 Å². The predicted octanol–water partition coefficient (Wildman–Crippen LogP) is 3.66. The minimum atomic E-state index is -0.234. The van der Waals surface area contributed by atoms with Crippen molar-refractivity contribution in [3.05, 3.63) is 58.4 Å². The number of aromatic nitrogens is 3. The van der Waals surface area contributed by atoms with Crippen LogP contribution in [0.1, 0.15) is 31.3 Å². The van der Waals surface area contributed by atoms with Crippen LogP contribution in [0.4, 0.5) is 5.69 Å². The van der Waals surface area contributed by atoms with Crippen molar-refractivity contribution in [1.29, 1.82) is 0 Å². The number of rotatable bonds is 4. The van der Waals surface area contributed by atoms with Gasteiger partial charge in [-0.1, -0.05) is 0 Å². The van der Waals surface area contributed by atoms with Gasteiger partial charge in [0.1, 0.15) is 4.88 Å². The summed E-state index contributed by atoms with van der Waals surface area (Å²) in [6.45, 7) is 5.24. The summed E-state index contributed by atoms with van der Waals surface area (Å²) in [6.07, 6.45) is 3.29. The maximum atomic E-state index is 12.8. The Labute approximate surface area is 183 Å². The molecule has 3 aromatic rings.